The van der Waals surface area contributed by atoms with Crippen molar-refractivity contribution >= 4 is 56.7 Å². The number of hydrogen-bond acceptors (Lipinski definition) is 7. The molecule has 0 unspecified atom stereocenters. The van der Waals surface area contributed by atoms with Gasteiger partial charge in [-0.2, -0.15) is 0 Å². The highest BCUT2D eigenvalue weighted by molar-refractivity contribution is 8.00. The zero-order valence-electron chi connectivity index (χ0n) is 18.2. The van der Waals surface area contributed by atoms with Gasteiger partial charge in [-0.3, -0.25) is 9.59 Å². The Balaban J connectivity index is 1.52. The number of rotatable bonds is 9. The van der Waals surface area contributed by atoms with Gasteiger partial charge in [0.05, 0.1) is 17.9 Å². The van der Waals surface area contributed by atoms with Crippen LogP contribution < -0.4 is 5.32 Å². The predicted molar refractivity (Wildman–Crippen MR) is 129 cm³/mol. The molecule has 0 saturated carbocycles. The molecule has 0 aliphatic heterocycles. The van der Waals surface area contributed by atoms with Crippen molar-refractivity contribution in [3.8, 4) is 0 Å². The number of carbonyl (C=O) groups excluding carboxylic acids is 3. The molecule has 0 spiro atoms. The summed E-state index contributed by atoms with van der Waals surface area (Å²) in [6.07, 6.45) is 0. The number of benzene rings is 2. The first kappa shape index (κ1) is 23.8. The number of fused-ring (bicyclic) bond motifs is 1. The highest BCUT2D eigenvalue weighted by Gasteiger charge is 2.20. The molecule has 2 aromatic carbocycles. The van der Waals surface area contributed by atoms with Gasteiger partial charge in [0, 0.05) is 9.77 Å². The van der Waals surface area contributed by atoms with Gasteiger partial charge in [-0.15, -0.1) is 23.1 Å². The van der Waals surface area contributed by atoms with Crippen LogP contribution in [0.3, 0.4) is 0 Å². The molecule has 32 heavy (non-hydrogen) atoms. The van der Waals surface area contributed by atoms with Gasteiger partial charge < -0.3 is 14.8 Å². The lowest BCUT2D eigenvalue weighted by Crippen LogP contribution is -2.22. The van der Waals surface area contributed by atoms with Crippen LogP contribution in [-0.4, -0.2) is 36.8 Å². The molecule has 8 heteroatoms. The second kappa shape index (κ2) is 11.2. The van der Waals surface area contributed by atoms with Crippen molar-refractivity contribution in [2.75, 3.05) is 24.3 Å². The van der Waals surface area contributed by atoms with Gasteiger partial charge in [-0.1, -0.05) is 44.2 Å². The Morgan fingerprint density at radius 2 is 1.78 bits per heavy atom. The predicted octanol–water partition coefficient (Wildman–Crippen LogP) is 5.48. The van der Waals surface area contributed by atoms with E-state index in [1.54, 1.807) is 13.0 Å². The average Bonchev–Trinajstić information content (AvgIpc) is 3.20. The van der Waals surface area contributed by atoms with Crippen LogP contribution in [0.5, 0.6) is 0 Å². The van der Waals surface area contributed by atoms with Gasteiger partial charge >= 0.3 is 11.9 Å². The standard InChI is InChI=1S/C24H25NO5S2/c1-4-29-24(28)19-12-20(15(2)3)32-23(19)25-21(26)13-30-22(27)14-31-18-10-9-16-7-5-6-8-17(16)11-18/h5-12,15H,4,13-14H2,1-3H3,(H,25,26). The Kier molecular flexibility index (Phi) is 8.30. The molecule has 3 aromatic rings. The highest BCUT2D eigenvalue weighted by Crippen LogP contribution is 2.33. The number of ether oxygens (including phenoxy) is 2. The summed E-state index contributed by atoms with van der Waals surface area (Å²) in [5, 5.41) is 5.30. The molecule has 1 amide bonds. The maximum Gasteiger partial charge on any atom is 0.341 e. The number of hydrogen-bond donors (Lipinski definition) is 1. The van der Waals surface area contributed by atoms with E-state index in [0.29, 0.717) is 10.6 Å². The molecule has 1 heterocycles. The molecular formula is C24H25NO5S2. The lowest BCUT2D eigenvalue weighted by Gasteiger charge is -2.07. The van der Waals surface area contributed by atoms with Gasteiger partial charge in [-0.25, -0.2) is 4.79 Å². The van der Waals surface area contributed by atoms with E-state index < -0.39 is 24.5 Å². The Morgan fingerprint density at radius 1 is 1.03 bits per heavy atom. The summed E-state index contributed by atoms with van der Waals surface area (Å²) < 4.78 is 10.2. The Labute approximate surface area is 195 Å². The largest absolute Gasteiger partial charge is 0.462 e. The monoisotopic (exact) mass is 471 g/mol. The molecule has 1 N–H and O–H groups in total. The Hall–Kier alpha value is -2.84. The van der Waals surface area contributed by atoms with E-state index in [1.165, 1.54) is 23.1 Å². The van der Waals surface area contributed by atoms with Crippen molar-refractivity contribution in [3.05, 3.63) is 59.0 Å². The van der Waals surface area contributed by atoms with Crippen molar-refractivity contribution in [3.63, 3.8) is 0 Å². The summed E-state index contributed by atoms with van der Waals surface area (Å²) in [4.78, 5) is 38.5. The maximum atomic E-state index is 12.3. The van der Waals surface area contributed by atoms with Gasteiger partial charge in [0.1, 0.15) is 5.00 Å². The van der Waals surface area contributed by atoms with Gasteiger partial charge in [0.25, 0.3) is 5.91 Å². The van der Waals surface area contributed by atoms with Crippen molar-refractivity contribution in [2.45, 2.75) is 31.6 Å². The highest BCUT2D eigenvalue weighted by atomic mass is 32.2. The smallest absolute Gasteiger partial charge is 0.341 e. The zero-order chi connectivity index (χ0) is 23.1. The third-order valence-electron chi connectivity index (χ3n) is 4.51. The first-order chi connectivity index (χ1) is 15.4. The third kappa shape index (κ3) is 6.34. The van der Waals surface area contributed by atoms with Crippen molar-refractivity contribution < 1.29 is 23.9 Å². The molecule has 0 fully saturated rings. The summed E-state index contributed by atoms with van der Waals surface area (Å²) in [7, 11) is 0. The minimum atomic E-state index is -0.503. The molecule has 168 valence electrons. The molecule has 3 rings (SSSR count). The molecule has 0 atom stereocenters. The van der Waals surface area contributed by atoms with E-state index in [-0.39, 0.29) is 18.3 Å². The normalized spacial score (nSPS) is 10.9. The van der Waals surface area contributed by atoms with Gasteiger partial charge in [0.2, 0.25) is 0 Å². The number of carbonyl (C=O) groups is 3. The summed E-state index contributed by atoms with van der Waals surface area (Å²) >= 11 is 2.67. The van der Waals surface area contributed by atoms with E-state index in [0.717, 1.165) is 20.5 Å². The van der Waals surface area contributed by atoms with Gasteiger partial charge in [0.15, 0.2) is 6.61 Å². The minimum absolute atomic E-state index is 0.0934. The number of thiophene rings is 1. The summed E-state index contributed by atoms with van der Waals surface area (Å²) in [6.45, 7) is 5.55. The van der Waals surface area contributed by atoms with Gasteiger partial charge in [-0.05, 0) is 41.8 Å². The lowest BCUT2D eigenvalue weighted by atomic mass is 10.1. The van der Waals surface area contributed by atoms with Crippen LogP contribution in [-0.2, 0) is 19.1 Å². The van der Waals surface area contributed by atoms with Crippen LogP contribution >= 0.6 is 23.1 Å². The quantitative estimate of drug-likeness (QED) is 0.329. The molecule has 0 aliphatic rings. The molecule has 6 nitrogen and oxygen atoms in total. The average molecular weight is 472 g/mol. The molecular weight excluding hydrogens is 446 g/mol. The fraction of sp³-hybridized carbons (Fsp3) is 0.292. The van der Waals surface area contributed by atoms with E-state index in [1.807, 2.05) is 56.3 Å². The minimum Gasteiger partial charge on any atom is -0.462 e. The van der Waals surface area contributed by atoms with E-state index in [2.05, 4.69) is 5.32 Å². The van der Waals surface area contributed by atoms with Crippen LogP contribution in [0.4, 0.5) is 5.00 Å². The summed E-state index contributed by atoms with van der Waals surface area (Å²) in [5.41, 5.74) is 0.312. The SMILES string of the molecule is CCOC(=O)c1cc(C(C)C)sc1NC(=O)COC(=O)CSc1ccc2ccccc2c1. The first-order valence-corrected chi connectivity index (χ1v) is 12.1. The van der Waals surface area contributed by atoms with Crippen LogP contribution in [0.2, 0.25) is 0 Å². The lowest BCUT2D eigenvalue weighted by molar-refractivity contribution is -0.144. The molecule has 0 aliphatic carbocycles. The molecule has 0 bridgehead atoms. The number of thioether (sulfide) groups is 1. The Morgan fingerprint density at radius 3 is 2.50 bits per heavy atom. The molecule has 1 aromatic heterocycles. The van der Waals surface area contributed by atoms with Crippen LogP contribution in [0.1, 0.15) is 41.9 Å². The van der Waals surface area contributed by atoms with Crippen molar-refractivity contribution in [1.29, 1.82) is 0 Å². The van der Waals surface area contributed by atoms with E-state index in [9.17, 15) is 14.4 Å². The third-order valence-corrected chi connectivity index (χ3v) is 6.83. The van der Waals surface area contributed by atoms with E-state index in [4.69, 9.17) is 9.47 Å². The van der Waals surface area contributed by atoms with Crippen LogP contribution in [0.15, 0.2) is 53.4 Å². The first-order valence-electron chi connectivity index (χ1n) is 10.2. The maximum absolute atomic E-state index is 12.3. The fourth-order valence-corrected chi connectivity index (χ4v) is 4.71. The topological polar surface area (TPSA) is 81.7 Å². The zero-order valence-corrected chi connectivity index (χ0v) is 19.8. The second-order valence-electron chi connectivity index (χ2n) is 7.27. The van der Waals surface area contributed by atoms with E-state index >= 15 is 0 Å². The van der Waals surface area contributed by atoms with Crippen LogP contribution in [0.25, 0.3) is 10.8 Å². The number of amides is 1. The number of esters is 2. The molecule has 0 saturated heterocycles. The van der Waals surface area contributed by atoms with Crippen molar-refractivity contribution in [1.82, 2.24) is 0 Å². The van der Waals surface area contributed by atoms with Crippen molar-refractivity contribution in [2.24, 2.45) is 0 Å². The summed E-state index contributed by atoms with van der Waals surface area (Å²) in [6, 6.07) is 15.7. The molecule has 0 radical (unpaired) electrons. The summed E-state index contributed by atoms with van der Waals surface area (Å²) in [5.74, 6) is -1.19. The fourth-order valence-electron chi connectivity index (χ4n) is 2.90. The second-order valence-corrected chi connectivity index (χ2v) is 9.41. The number of anilines is 1. The Bertz CT molecular complexity index is 1120. The number of nitrogens with one attached hydrogen (secondary N) is 1. The van der Waals surface area contributed by atoms with Crippen LogP contribution in [0, 0.1) is 0 Å².